The van der Waals surface area contributed by atoms with Crippen LogP contribution in [0.1, 0.15) is 21.5 Å². The Morgan fingerprint density at radius 1 is 1.56 bits per heavy atom. The molecule has 0 bridgehead atoms. The Morgan fingerprint density at radius 3 is 3.00 bits per heavy atom. The lowest BCUT2D eigenvalue weighted by atomic mass is 9.97. The number of carbonyl (C=O) groups excluding carboxylic acids is 1. The molecule has 1 aromatic carbocycles. The lowest BCUT2D eigenvalue weighted by Crippen LogP contribution is -2.28. The first-order valence-electron chi connectivity index (χ1n) is 5.06. The summed E-state index contributed by atoms with van der Waals surface area (Å²) in [5.41, 5.74) is 3.14. The van der Waals surface area contributed by atoms with Gasteiger partial charge in [-0.15, -0.1) is 0 Å². The quantitative estimate of drug-likeness (QED) is 0.551. The number of hydrogen-bond donors (Lipinski definition) is 2. The van der Waals surface area contributed by atoms with Gasteiger partial charge in [-0.3, -0.25) is 10.0 Å². The minimum absolute atomic E-state index is 0.147. The van der Waals surface area contributed by atoms with Crippen LogP contribution < -0.4 is 5.48 Å². The largest absolute Gasteiger partial charge is 0.302 e. The molecule has 4 nitrogen and oxygen atoms in total. The average Bonchev–Trinajstić information content (AvgIpc) is 2.27. The highest BCUT2D eigenvalue weighted by Crippen LogP contribution is 2.22. The van der Waals surface area contributed by atoms with Crippen molar-refractivity contribution in [2.24, 2.45) is 0 Å². The average molecular weight is 224 g/mol. The number of hydroxylamine groups is 1. The maximum absolute atomic E-state index is 13.7. The standard InChI is InChI=1S/C11H13FN2O2/c1-14-3-2-9-8(6-14)4-7(5-10(9)12)11(15)13-16/h4-5,16H,2-3,6H2,1H3,(H,13,15). The van der Waals surface area contributed by atoms with Crippen LogP contribution in [0.3, 0.4) is 0 Å². The van der Waals surface area contributed by atoms with Gasteiger partial charge in [0.05, 0.1) is 0 Å². The summed E-state index contributed by atoms with van der Waals surface area (Å²) < 4.78 is 13.7. The number of carbonyl (C=O) groups is 1. The van der Waals surface area contributed by atoms with E-state index in [1.807, 2.05) is 7.05 Å². The number of benzene rings is 1. The predicted molar refractivity (Wildman–Crippen MR) is 55.7 cm³/mol. The molecule has 0 saturated carbocycles. The topological polar surface area (TPSA) is 52.6 Å². The molecule has 2 rings (SSSR count). The molecule has 0 fully saturated rings. The van der Waals surface area contributed by atoms with Gasteiger partial charge in [0.25, 0.3) is 5.91 Å². The molecular weight excluding hydrogens is 211 g/mol. The molecule has 0 saturated heterocycles. The van der Waals surface area contributed by atoms with Gasteiger partial charge >= 0.3 is 0 Å². The van der Waals surface area contributed by atoms with E-state index in [-0.39, 0.29) is 11.4 Å². The van der Waals surface area contributed by atoms with Crippen molar-refractivity contribution >= 4 is 5.91 Å². The van der Waals surface area contributed by atoms with E-state index in [1.165, 1.54) is 5.48 Å². The second-order valence-electron chi connectivity index (χ2n) is 4.02. The highest BCUT2D eigenvalue weighted by Gasteiger charge is 2.19. The minimum Gasteiger partial charge on any atom is -0.302 e. The van der Waals surface area contributed by atoms with Gasteiger partial charge in [-0.2, -0.15) is 0 Å². The van der Waals surface area contributed by atoms with Crippen molar-refractivity contribution in [1.29, 1.82) is 0 Å². The van der Waals surface area contributed by atoms with Gasteiger partial charge in [0.15, 0.2) is 0 Å². The van der Waals surface area contributed by atoms with Crippen LogP contribution in [0, 0.1) is 5.82 Å². The van der Waals surface area contributed by atoms with Crippen LogP contribution in [0.5, 0.6) is 0 Å². The molecule has 0 aliphatic carbocycles. The molecule has 1 aromatic rings. The van der Waals surface area contributed by atoms with E-state index in [0.29, 0.717) is 18.5 Å². The van der Waals surface area contributed by atoms with Crippen molar-refractivity contribution in [1.82, 2.24) is 10.4 Å². The van der Waals surface area contributed by atoms with E-state index in [2.05, 4.69) is 4.90 Å². The van der Waals surface area contributed by atoms with E-state index >= 15 is 0 Å². The molecule has 2 N–H and O–H groups in total. The summed E-state index contributed by atoms with van der Waals surface area (Å²) >= 11 is 0. The molecule has 86 valence electrons. The van der Waals surface area contributed by atoms with Crippen molar-refractivity contribution < 1.29 is 14.4 Å². The van der Waals surface area contributed by atoms with Gasteiger partial charge in [-0.05, 0) is 36.7 Å². The maximum Gasteiger partial charge on any atom is 0.274 e. The molecule has 1 aliphatic heterocycles. The third-order valence-corrected chi connectivity index (χ3v) is 2.84. The Balaban J connectivity index is 2.43. The zero-order chi connectivity index (χ0) is 11.7. The molecular formula is C11H13FN2O2. The fourth-order valence-corrected chi connectivity index (χ4v) is 1.98. The summed E-state index contributed by atoms with van der Waals surface area (Å²) in [4.78, 5) is 13.2. The molecule has 0 radical (unpaired) electrons. The normalized spacial score (nSPS) is 15.7. The van der Waals surface area contributed by atoms with Gasteiger partial charge in [-0.1, -0.05) is 0 Å². The number of nitrogens with one attached hydrogen (secondary N) is 1. The van der Waals surface area contributed by atoms with Gasteiger partial charge < -0.3 is 4.90 Å². The molecule has 5 heteroatoms. The summed E-state index contributed by atoms with van der Waals surface area (Å²) in [6, 6.07) is 2.79. The molecule has 1 heterocycles. The van der Waals surface area contributed by atoms with E-state index in [1.54, 1.807) is 6.07 Å². The molecule has 0 spiro atoms. The number of nitrogens with zero attached hydrogens (tertiary/aromatic N) is 1. The Bertz CT molecular complexity index is 434. The number of rotatable bonds is 1. The van der Waals surface area contributed by atoms with E-state index < -0.39 is 5.91 Å². The predicted octanol–water partition coefficient (Wildman–Crippen LogP) is 0.933. The lowest BCUT2D eigenvalue weighted by molar-refractivity contribution is 0.0705. The monoisotopic (exact) mass is 224 g/mol. The van der Waals surface area contributed by atoms with Crippen molar-refractivity contribution in [3.8, 4) is 0 Å². The van der Waals surface area contributed by atoms with Crippen molar-refractivity contribution in [2.45, 2.75) is 13.0 Å². The van der Waals surface area contributed by atoms with Crippen LogP contribution in [-0.4, -0.2) is 29.6 Å². The molecule has 1 aliphatic rings. The third-order valence-electron chi connectivity index (χ3n) is 2.84. The molecule has 0 aromatic heterocycles. The SMILES string of the molecule is CN1CCc2c(F)cc(C(=O)NO)cc2C1. The van der Waals surface area contributed by atoms with Gasteiger partial charge in [0.2, 0.25) is 0 Å². The molecule has 16 heavy (non-hydrogen) atoms. The van der Waals surface area contributed by atoms with E-state index in [4.69, 9.17) is 5.21 Å². The molecule has 0 atom stereocenters. The zero-order valence-corrected chi connectivity index (χ0v) is 8.96. The van der Waals surface area contributed by atoms with Crippen molar-refractivity contribution in [3.05, 3.63) is 34.6 Å². The first kappa shape index (κ1) is 11.0. The number of likely N-dealkylation sites (N-methyl/N-ethyl adjacent to an activating group) is 1. The van der Waals surface area contributed by atoms with Crippen LogP contribution in [0.2, 0.25) is 0 Å². The fourth-order valence-electron chi connectivity index (χ4n) is 1.98. The number of hydrogen-bond acceptors (Lipinski definition) is 3. The Kier molecular flexibility index (Phi) is 2.89. The highest BCUT2D eigenvalue weighted by atomic mass is 19.1. The number of amides is 1. The summed E-state index contributed by atoms with van der Waals surface area (Å²) in [5, 5.41) is 8.50. The van der Waals surface area contributed by atoms with Gasteiger partial charge in [0, 0.05) is 18.7 Å². The number of fused-ring (bicyclic) bond motifs is 1. The van der Waals surface area contributed by atoms with Crippen LogP contribution in [0.4, 0.5) is 4.39 Å². The number of halogens is 1. The summed E-state index contributed by atoms with van der Waals surface area (Å²) in [7, 11) is 1.94. The lowest BCUT2D eigenvalue weighted by Gasteiger charge is -2.25. The third kappa shape index (κ3) is 1.91. The first-order valence-corrected chi connectivity index (χ1v) is 5.06. The van der Waals surface area contributed by atoms with Crippen molar-refractivity contribution in [3.63, 3.8) is 0 Å². The second kappa shape index (κ2) is 4.19. The summed E-state index contributed by atoms with van der Waals surface area (Å²) in [5.74, 6) is -1.06. The summed E-state index contributed by atoms with van der Waals surface area (Å²) in [6.07, 6.45) is 0.651. The van der Waals surface area contributed by atoms with E-state index in [9.17, 15) is 9.18 Å². The minimum atomic E-state index is -0.685. The van der Waals surface area contributed by atoms with Crippen molar-refractivity contribution in [2.75, 3.05) is 13.6 Å². The first-order chi connectivity index (χ1) is 7.61. The second-order valence-corrected chi connectivity index (χ2v) is 4.02. The van der Waals surface area contributed by atoms with Gasteiger partial charge in [0.1, 0.15) is 5.82 Å². The van der Waals surface area contributed by atoms with Gasteiger partial charge in [-0.25, -0.2) is 9.87 Å². The Labute approximate surface area is 92.6 Å². The van der Waals surface area contributed by atoms with Crippen LogP contribution >= 0.6 is 0 Å². The highest BCUT2D eigenvalue weighted by molar-refractivity contribution is 5.93. The van der Waals surface area contributed by atoms with Crippen LogP contribution in [-0.2, 0) is 13.0 Å². The zero-order valence-electron chi connectivity index (χ0n) is 8.96. The smallest absolute Gasteiger partial charge is 0.274 e. The molecule has 0 unspecified atom stereocenters. The Morgan fingerprint density at radius 2 is 2.31 bits per heavy atom. The maximum atomic E-state index is 13.7. The van der Waals surface area contributed by atoms with Crippen LogP contribution in [0.15, 0.2) is 12.1 Å². The van der Waals surface area contributed by atoms with Crippen LogP contribution in [0.25, 0.3) is 0 Å². The molecule has 1 amide bonds. The summed E-state index contributed by atoms with van der Waals surface area (Å²) in [6.45, 7) is 1.44. The van der Waals surface area contributed by atoms with E-state index in [0.717, 1.165) is 18.2 Å². The Hall–Kier alpha value is -1.46. The fraction of sp³-hybridized carbons (Fsp3) is 0.364.